The fraction of sp³-hybridized carbons (Fsp3) is 0.714. The van der Waals surface area contributed by atoms with Gasteiger partial charge in [0.25, 0.3) is 0 Å². The van der Waals surface area contributed by atoms with Gasteiger partial charge in [0.2, 0.25) is 8.32 Å². The van der Waals surface area contributed by atoms with Gasteiger partial charge < -0.3 is 27.2 Å². The van der Waals surface area contributed by atoms with Crippen LogP contribution in [-0.2, 0) is 23.1 Å². The number of epoxide rings is 2. The van der Waals surface area contributed by atoms with E-state index in [0.29, 0.717) is 30.6 Å². The van der Waals surface area contributed by atoms with Gasteiger partial charge in [-0.3, -0.25) is 0 Å². The summed E-state index contributed by atoms with van der Waals surface area (Å²) in [6.07, 6.45) is 13.0. The highest BCUT2D eigenvalue weighted by Crippen LogP contribution is 2.43. The molecule has 4 aliphatic rings. The third kappa shape index (κ3) is 11.6. The normalized spacial score (nSPS) is 26.3. The van der Waals surface area contributed by atoms with Crippen LogP contribution in [0, 0.1) is 11.8 Å². The summed E-state index contributed by atoms with van der Waals surface area (Å²) in [7, 11) is -7.15. The molecule has 2 aliphatic carbocycles. The summed E-state index contributed by atoms with van der Waals surface area (Å²) in [4.78, 5) is 0. The average Bonchev–Trinajstić information content (AvgIpc) is 3.99. The molecular formula is C42H70O6Si4. The third-order valence-corrected chi connectivity index (χ3v) is 26.5. The second kappa shape index (κ2) is 16.1. The summed E-state index contributed by atoms with van der Waals surface area (Å²) in [5, 5.41) is 0. The van der Waals surface area contributed by atoms with Gasteiger partial charge in [-0.1, -0.05) is 44.5 Å². The molecule has 6 atom stereocenters. The zero-order valence-corrected chi connectivity index (χ0v) is 38.2. The Hall–Kier alpha value is -1.25. The van der Waals surface area contributed by atoms with E-state index in [9.17, 15) is 0 Å². The number of ether oxygens (including phenoxy) is 4. The second-order valence-electron chi connectivity index (χ2n) is 19.7. The number of fused-ring (bicyclic) bond motifs is 2. The number of benzene rings is 2. The minimum Gasteiger partial charge on any atom is -0.494 e. The van der Waals surface area contributed by atoms with Crippen LogP contribution in [0.3, 0.4) is 0 Å². The average molecular weight is 783 g/mol. The highest BCUT2D eigenvalue weighted by molar-refractivity contribution is 6.85. The van der Waals surface area contributed by atoms with E-state index in [0.717, 1.165) is 42.4 Å². The molecule has 6 nitrogen and oxygen atoms in total. The van der Waals surface area contributed by atoms with Crippen LogP contribution in [0.15, 0.2) is 48.5 Å². The van der Waals surface area contributed by atoms with E-state index in [1.165, 1.54) is 68.2 Å². The van der Waals surface area contributed by atoms with Gasteiger partial charge in [0.15, 0.2) is 25.0 Å². The fourth-order valence-electron chi connectivity index (χ4n) is 9.38. The van der Waals surface area contributed by atoms with E-state index in [1.54, 1.807) is 0 Å². The van der Waals surface area contributed by atoms with Gasteiger partial charge in [-0.2, -0.15) is 0 Å². The summed E-state index contributed by atoms with van der Waals surface area (Å²) >= 11 is 0. The summed E-state index contributed by atoms with van der Waals surface area (Å²) in [6.45, 7) is 24.4. The van der Waals surface area contributed by atoms with Crippen LogP contribution in [0.4, 0.5) is 0 Å². The molecule has 0 spiro atoms. The Morgan fingerprint density at radius 2 is 1.08 bits per heavy atom. The van der Waals surface area contributed by atoms with E-state index >= 15 is 0 Å². The van der Waals surface area contributed by atoms with Crippen molar-refractivity contribution in [1.29, 1.82) is 0 Å². The van der Waals surface area contributed by atoms with Gasteiger partial charge in [-0.25, -0.2) is 0 Å². The molecule has 2 aromatic carbocycles. The first kappa shape index (κ1) is 40.4. The quantitative estimate of drug-likeness (QED) is 0.0803. The lowest BCUT2D eigenvalue weighted by Gasteiger charge is -2.36. The van der Waals surface area contributed by atoms with Crippen molar-refractivity contribution >= 4 is 33.3 Å². The third-order valence-electron chi connectivity index (χ3n) is 12.2. The Morgan fingerprint density at radius 3 is 1.65 bits per heavy atom. The van der Waals surface area contributed by atoms with Gasteiger partial charge >= 0.3 is 0 Å². The number of rotatable bonds is 19. The fourth-order valence-corrected chi connectivity index (χ4v) is 27.1. The van der Waals surface area contributed by atoms with Gasteiger partial charge in [-0.05, 0) is 163 Å². The molecule has 2 saturated heterocycles. The first-order valence-corrected chi connectivity index (χ1v) is 33.0. The highest BCUT2D eigenvalue weighted by atomic mass is 28.4. The smallest absolute Gasteiger partial charge is 0.213 e. The first-order valence-electron chi connectivity index (χ1n) is 20.6. The van der Waals surface area contributed by atoms with Crippen molar-refractivity contribution in [2.75, 3.05) is 12.8 Å². The molecule has 0 bridgehead atoms. The zero-order valence-electron chi connectivity index (χ0n) is 34.2. The Balaban J connectivity index is 0.906. The topological polar surface area (TPSA) is 62.0 Å². The van der Waals surface area contributed by atoms with E-state index in [-0.39, 0.29) is 5.41 Å². The molecule has 0 aromatic heterocycles. The molecule has 290 valence electrons. The van der Waals surface area contributed by atoms with E-state index in [1.807, 2.05) is 0 Å². The van der Waals surface area contributed by atoms with Crippen LogP contribution in [-0.4, -0.2) is 70.5 Å². The van der Waals surface area contributed by atoms with Crippen LogP contribution >= 0.6 is 0 Å². The molecule has 2 heterocycles. The molecule has 2 aliphatic heterocycles. The Morgan fingerprint density at radius 1 is 0.577 bits per heavy atom. The lowest BCUT2D eigenvalue weighted by Crippen LogP contribution is -2.49. The van der Waals surface area contributed by atoms with E-state index in [4.69, 9.17) is 27.2 Å². The number of hydrogen-bond acceptors (Lipinski definition) is 6. The monoisotopic (exact) mass is 782 g/mol. The molecule has 6 rings (SSSR count). The molecule has 52 heavy (non-hydrogen) atoms. The van der Waals surface area contributed by atoms with Crippen LogP contribution < -0.4 is 9.47 Å². The molecule has 0 N–H and O–H groups in total. The standard InChI is InChI=1S/C42H70O6Si4/c1-42(2,35-16-20-37(21-17-35)44-31-52(9,10)48-51(7,8)30-33-13-23-39-41(29-33)46-39)34-14-18-36(19-15-34)43-25-11-26-49(3,4)47-50(5,6)27-24-32-12-22-38-40(28-32)45-38/h14-21,32-33,38-41H,11-13,22-31H2,1-10H3. The minimum absolute atomic E-state index is 0.136. The Kier molecular flexibility index (Phi) is 12.5. The zero-order chi connectivity index (χ0) is 37.4. The van der Waals surface area contributed by atoms with Crippen molar-refractivity contribution < 1.29 is 27.2 Å². The lowest BCUT2D eigenvalue weighted by atomic mass is 9.78. The maximum atomic E-state index is 6.96. The number of hydrogen-bond donors (Lipinski definition) is 0. The Labute approximate surface area is 320 Å². The van der Waals surface area contributed by atoms with Gasteiger partial charge in [0.05, 0.1) is 31.0 Å². The maximum absolute atomic E-state index is 6.96. The van der Waals surface area contributed by atoms with Crippen LogP contribution in [0.5, 0.6) is 11.5 Å². The van der Waals surface area contributed by atoms with Gasteiger partial charge in [0, 0.05) is 5.41 Å². The molecule has 2 aromatic rings. The molecular weight excluding hydrogens is 713 g/mol. The molecule has 0 amide bonds. The highest BCUT2D eigenvalue weighted by Gasteiger charge is 2.46. The van der Waals surface area contributed by atoms with Crippen LogP contribution in [0.1, 0.15) is 76.3 Å². The lowest BCUT2D eigenvalue weighted by molar-refractivity contribution is 0.314. The van der Waals surface area contributed by atoms with E-state index in [2.05, 4.69) is 115 Å². The van der Waals surface area contributed by atoms with Crippen molar-refractivity contribution in [1.82, 2.24) is 0 Å². The molecule has 2 saturated carbocycles. The first-order chi connectivity index (χ1) is 24.4. The maximum Gasteiger partial charge on any atom is 0.213 e. The van der Waals surface area contributed by atoms with Crippen molar-refractivity contribution in [3.8, 4) is 11.5 Å². The largest absolute Gasteiger partial charge is 0.494 e. The molecule has 4 fully saturated rings. The van der Waals surface area contributed by atoms with E-state index < -0.39 is 33.3 Å². The van der Waals surface area contributed by atoms with Crippen molar-refractivity contribution in [2.45, 2.75) is 166 Å². The van der Waals surface area contributed by atoms with Crippen molar-refractivity contribution in [3.63, 3.8) is 0 Å². The summed E-state index contributed by atoms with van der Waals surface area (Å²) in [5.74, 6) is 3.47. The molecule has 10 heteroatoms. The SMILES string of the molecule is CC(C)(c1ccc(OCCC[Si](C)(C)O[Si](C)(C)CCC2CCC3OC3C2)cc1)c1ccc(OC[Si](C)(C)O[Si](C)(C)CC2CCC3OC3C2)cc1. The van der Waals surface area contributed by atoms with Gasteiger partial charge in [-0.15, -0.1) is 0 Å². The van der Waals surface area contributed by atoms with Crippen molar-refractivity contribution in [2.24, 2.45) is 11.8 Å². The summed E-state index contributed by atoms with van der Waals surface area (Å²) < 4.78 is 38.0. The molecule has 0 radical (unpaired) electrons. The van der Waals surface area contributed by atoms with Crippen LogP contribution in [0.2, 0.25) is 70.5 Å². The van der Waals surface area contributed by atoms with Gasteiger partial charge in [0.1, 0.15) is 17.7 Å². The predicted octanol–water partition coefficient (Wildman–Crippen LogP) is 11.1. The summed E-state index contributed by atoms with van der Waals surface area (Å²) in [6, 6.07) is 21.0. The van der Waals surface area contributed by atoms with Crippen molar-refractivity contribution in [3.05, 3.63) is 59.7 Å². The Bertz CT molecular complexity index is 1460. The molecule has 6 unspecified atom stereocenters. The van der Waals surface area contributed by atoms with Crippen LogP contribution in [0.25, 0.3) is 0 Å². The second-order valence-corrected chi connectivity index (χ2v) is 37.1. The predicted molar refractivity (Wildman–Crippen MR) is 224 cm³/mol. The summed E-state index contributed by atoms with van der Waals surface area (Å²) in [5.41, 5.74) is 2.41. The minimum atomic E-state index is -1.97.